The standard InChI is InChI=1S/C19H20ClN3O4/c1-24-10-11-26-18-14(20)7-5-8-15(18)21-12-17-22-19(23-27-17)13-6-3-4-9-16(13)25-2/h3-9,21H,10-12H2,1-2H3. The molecule has 1 heterocycles. The fourth-order valence-corrected chi connectivity index (χ4v) is 2.69. The van der Waals surface area contributed by atoms with E-state index >= 15 is 0 Å². The van der Waals surface area contributed by atoms with Crippen LogP contribution in [0, 0.1) is 0 Å². The second-order valence-electron chi connectivity index (χ2n) is 5.52. The highest BCUT2D eigenvalue weighted by molar-refractivity contribution is 6.32. The maximum atomic E-state index is 6.24. The minimum Gasteiger partial charge on any atom is -0.496 e. The third kappa shape index (κ3) is 4.69. The minimum absolute atomic E-state index is 0.323. The first-order chi connectivity index (χ1) is 13.2. The van der Waals surface area contributed by atoms with E-state index in [0.29, 0.717) is 48.0 Å². The predicted octanol–water partition coefficient (Wildman–Crippen LogP) is 4.04. The molecule has 1 N–H and O–H groups in total. The number of hydrogen-bond donors (Lipinski definition) is 1. The molecule has 0 saturated heterocycles. The molecule has 0 fully saturated rings. The van der Waals surface area contributed by atoms with Gasteiger partial charge in [-0.2, -0.15) is 4.98 Å². The van der Waals surface area contributed by atoms with Crippen LogP contribution in [0.5, 0.6) is 11.5 Å². The number of aromatic nitrogens is 2. The van der Waals surface area contributed by atoms with Crippen molar-refractivity contribution in [3.05, 3.63) is 53.4 Å². The van der Waals surface area contributed by atoms with E-state index in [4.69, 9.17) is 30.3 Å². The molecule has 1 aromatic heterocycles. The normalized spacial score (nSPS) is 10.6. The van der Waals surface area contributed by atoms with Crippen LogP contribution in [0.1, 0.15) is 5.89 Å². The minimum atomic E-state index is 0.323. The van der Waals surface area contributed by atoms with Gasteiger partial charge < -0.3 is 24.1 Å². The Bertz CT molecular complexity index is 885. The third-order valence-electron chi connectivity index (χ3n) is 3.75. The maximum absolute atomic E-state index is 6.24. The topological polar surface area (TPSA) is 78.6 Å². The lowest BCUT2D eigenvalue weighted by atomic mass is 10.2. The van der Waals surface area contributed by atoms with Crippen LogP contribution in [-0.2, 0) is 11.3 Å². The summed E-state index contributed by atoms with van der Waals surface area (Å²) >= 11 is 6.24. The fourth-order valence-electron chi connectivity index (χ4n) is 2.46. The summed E-state index contributed by atoms with van der Waals surface area (Å²) in [5.74, 6) is 2.13. The van der Waals surface area contributed by atoms with Crippen molar-refractivity contribution in [2.24, 2.45) is 0 Å². The van der Waals surface area contributed by atoms with E-state index in [0.717, 1.165) is 11.3 Å². The molecule has 0 amide bonds. The summed E-state index contributed by atoms with van der Waals surface area (Å²) in [5.41, 5.74) is 1.50. The van der Waals surface area contributed by atoms with Crippen molar-refractivity contribution in [3.63, 3.8) is 0 Å². The van der Waals surface area contributed by atoms with Gasteiger partial charge in [0.1, 0.15) is 12.4 Å². The van der Waals surface area contributed by atoms with Crippen LogP contribution in [0.4, 0.5) is 5.69 Å². The van der Waals surface area contributed by atoms with E-state index in [-0.39, 0.29) is 0 Å². The molecule has 0 aliphatic heterocycles. The van der Waals surface area contributed by atoms with Gasteiger partial charge in [-0.25, -0.2) is 0 Å². The molecule has 0 unspecified atom stereocenters. The van der Waals surface area contributed by atoms with Gasteiger partial charge in [0, 0.05) is 7.11 Å². The van der Waals surface area contributed by atoms with Gasteiger partial charge in [-0.3, -0.25) is 0 Å². The van der Waals surface area contributed by atoms with Crippen molar-refractivity contribution < 1.29 is 18.7 Å². The molecule has 2 aromatic carbocycles. The number of methoxy groups -OCH3 is 2. The van der Waals surface area contributed by atoms with Crippen LogP contribution in [0.2, 0.25) is 5.02 Å². The van der Waals surface area contributed by atoms with Crippen LogP contribution in [0.3, 0.4) is 0 Å². The van der Waals surface area contributed by atoms with Crippen LogP contribution in [0.25, 0.3) is 11.4 Å². The summed E-state index contributed by atoms with van der Waals surface area (Å²) in [4.78, 5) is 4.42. The first-order valence-electron chi connectivity index (χ1n) is 8.33. The van der Waals surface area contributed by atoms with E-state index in [1.807, 2.05) is 36.4 Å². The highest BCUT2D eigenvalue weighted by Gasteiger charge is 2.14. The Morgan fingerprint density at radius 3 is 2.74 bits per heavy atom. The summed E-state index contributed by atoms with van der Waals surface area (Å²) in [5, 5.41) is 7.75. The highest BCUT2D eigenvalue weighted by Crippen LogP contribution is 2.33. The van der Waals surface area contributed by atoms with Crippen LogP contribution in [-0.4, -0.2) is 37.6 Å². The molecule has 7 nitrogen and oxygen atoms in total. The van der Waals surface area contributed by atoms with Gasteiger partial charge in [-0.15, -0.1) is 0 Å². The number of rotatable bonds is 9. The van der Waals surface area contributed by atoms with E-state index in [1.54, 1.807) is 20.3 Å². The Hall–Kier alpha value is -2.77. The molecule has 3 rings (SSSR count). The molecule has 3 aromatic rings. The van der Waals surface area contributed by atoms with Crippen LogP contribution >= 0.6 is 11.6 Å². The molecule has 0 aliphatic carbocycles. The zero-order valence-electron chi connectivity index (χ0n) is 15.1. The van der Waals surface area contributed by atoms with Crippen molar-refractivity contribution >= 4 is 17.3 Å². The lowest BCUT2D eigenvalue weighted by molar-refractivity contribution is 0.146. The third-order valence-corrected chi connectivity index (χ3v) is 4.04. The van der Waals surface area contributed by atoms with E-state index in [9.17, 15) is 0 Å². The largest absolute Gasteiger partial charge is 0.496 e. The van der Waals surface area contributed by atoms with Gasteiger partial charge in [0.25, 0.3) is 0 Å². The molecule has 27 heavy (non-hydrogen) atoms. The number of benzene rings is 2. The number of para-hydroxylation sites is 2. The van der Waals surface area contributed by atoms with Crippen molar-refractivity contribution in [1.29, 1.82) is 0 Å². The summed E-state index contributed by atoms with van der Waals surface area (Å²) in [7, 11) is 3.22. The van der Waals surface area contributed by atoms with Gasteiger partial charge in [-0.1, -0.05) is 35.0 Å². The number of anilines is 1. The van der Waals surface area contributed by atoms with Gasteiger partial charge in [0.2, 0.25) is 11.7 Å². The average Bonchev–Trinajstić information content (AvgIpc) is 3.17. The van der Waals surface area contributed by atoms with E-state index in [2.05, 4.69) is 15.5 Å². The van der Waals surface area contributed by atoms with Crippen molar-refractivity contribution in [2.45, 2.75) is 6.54 Å². The molecule has 0 spiro atoms. The molecule has 0 atom stereocenters. The zero-order chi connectivity index (χ0) is 19.1. The molecule has 8 heteroatoms. The molecule has 0 bridgehead atoms. The average molecular weight is 390 g/mol. The molecule has 0 aliphatic rings. The number of ether oxygens (including phenoxy) is 3. The Morgan fingerprint density at radius 2 is 1.93 bits per heavy atom. The monoisotopic (exact) mass is 389 g/mol. The highest BCUT2D eigenvalue weighted by atomic mass is 35.5. The van der Waals surface area contributed by atoms with Crippen molar-refractivity contribution in [2.75, 3.05) is 32.8 Å². The van der Waals surface area contributed by atoms with Gasteiger partial charge in [-0.05, 0) is 24.3 Å². The second kappa shape index (κ2) is 9.25. The first-order valence-corrected chi connectivity index (χ1v) is 8.71. The Labute approximate surface area is 162 Å². The Kier molecular flexibility index (Phi) is 6.51. The number of halogens is 1. The summed E-state index contributed by atoms with van der Waals surface area (Å²) < 4.78 is 21.4. The fraction of sp³-hybridized carbons (Fsp3) is 0.263. The van der Waals surface area contributed by atoms with Crippen LogP contribution < -0.4 is 14.8 Å². The van der Waals surface area contributed by atoms with Gasteiger partial charge >= 0.3 is 0 Å². The Morgan fingerprint density at radius 1 is 1.07 bits per heavy atom. The van der Waals surface area contributed by atoms with Crippen molar-refractivity contribution in [3.8, 4) is 22.9 Å². The smallest absolute Gasteiger partial charge is 0.246 e. The van der Waals surface area contributed by atoms with Gasteiger partial charge in [0.05, 0.1) is 36.5 Å². The first kappa shape index (κ1) is 19.0. The summed E-state index contributed by atoms with van der Waals surface area (Å²) in [6.07, 6.45) is 0. The predicted molar refractivity (Wildman–Crippen MR) is 102 cm³/mol. The molecular weight excluding hydrogens is 370 g/mol. The molecule has 0 radical (unpaired) electrons. The SMILES string of the molecule is COCCOc1c(Cl)cccc1NCc1nc(-c2ccccc2OC)no1. The maximum Gasteiger partial charge on any atom is 0.246 e. The lowest BCUT2D eigenvalue weighted by Gasteiger charge is -2.13. The number of nitrogens with one attached hydrogen (secondary N) is 1. The molecular formula is C19H20ClN3O4. The molecule has 0 saturated carbocycles. The van der Waals surface area contributed by atoms with E-state index < -0.39 is 0 Å². The number of hydrogen-bond acceptors (Lipinski definition) is 7. The second-order valence-corrected chi connectivity index (χ2v) is 5.93. The summed E-state index contributed by atoms with van der Waals surface area (Å²) in [6.45, 7) is 1.19. The van der Waals surface area contributed by atoms with E-state index in [1.165, 1.54) is 0 Å². The van der Waals surface area contributed by atoms with Crippen molar-refractivity contribution in [1.82, 2.24) is 10.1 Å². The zero-order valence-corrected chi connectivity index (χ0v) is 15.8. The summed E-state index contributed by atoms with van der Waals surface area (Å²) in [6, 6.07) is 13.0. The molecule has 142 valence electrons. The Balaban J connectivity index is 1.71. The lowest BCUT2D eigenvalue weighted by Crippen LogP contribution is -2.08. The van der Waals surface area contributed by atoms with Gasteiger partial charge in [0.15, 0.2) is 5.75 Å². The van der Waals surface area contributed by atoms with Crippen LogP contribution in [0.15, 0.2) is 47.0 Å². The number of nitrogens with zero attached hydrogens (tertiary/aromatic N) is 2. The quantitative estimate of drug-likeness (QED) is 0.553.